The molecule has 0 fully saturated rings. The second-order valence-corrected chi connectivity index (χ2v) is 7.14. The van der Waals surface area contributed by atoms with E-state index in [9.17, 15) is 21.6 Å². The van der Waals surface area contributed by atoms with E-state index in [1.54, 1.807) is 0 Å². The summed E-state index contributed by atoms with van der Waals surface area (Å²) in [7, 11) is -3.83. The number of aryl methyl sites for hydroxylation is 1. The van der Waals surface area contributed by atoms with Gasteiger partial charge in [-0.2, -0.15) is 0 Å². The third-order valence-electron chi connectivity index (χ3n) is 3.80. The molecule has 0 aromatic heterocycles. The zero-order valence-electron chi connectivity index (χ0n) is 12.4. The van der Waals surface area contributed by atoms with Gasteiger partial charge < -0.3 is 4.74 Å². The molecule has 128 valence electrons. The van der Waals surface area contributed by atoms with Crippen LogP contribution in [0, 0.1) is 0 Å². The van der Waals surface area contributed by atoms with Crippen LogP contribution in [0.5, 0.6) is 5.75 Å². The molecule has 0 heterocycles. The van der Waals surface area contributed by atoms with Gasteiger partial charge in [-0.25, -0.2) is 13.1 Å². The highest BCUT2D eigenvalue weighted by atomic mass is 32.2. The van der Waals surface area contributed by atoms with Crippen LogP contribution in [0.4, 0.5) is 13.2 Å². The van der Waals surface area contributed by atoms with Gasteiger partial charge >= 0.3 is 6.36 Å². The van der Waals surface area contributed by atoms with Gasteiger partial charge in [-0.15, -0.1) is 13.2 Å². The van der Waals surface area contributed by atoms with Crippen molar-refractivity contribution in [1.29, 1.82) is 0 Å². The second-order valence-electron chi connectivity index (χ2n) is 5.43. The van der Waals surface area contributed by atoms with Crippen molar-refractivity contribution in [2.45, 2.75) is 30.1 Å². The molecule has 2 aromatic rings. The van der Waals surface area contributed by atoms with Crippen LogP contribution in [0.1, 0.15) is 23.6 Å². The molecule has 0 radical (unpaired) electrons. The molecular formula is C16H14F3NO3S. The van der Waals surface area contributed by atoms with Crippen LogP contribution in [-0.4, -0.2) is 14.8 Å². The lowest BCUT2D eigenvalue weighted by molar-refractivity contribution is -0.274. The molecule has 0 bridgehead atoms. The van der Waals surface area contributed by atoms with Crippen LogP contribution in [0.3, 0.4) is 0 Å². The third kappa shape index (κ3) is 3.70. The van der Waals surface area contributed by atoms with E-state index in [2.05, 4.69) is 9.46 Å². The summed E-state index contributed by atoms with van der Waals surface area (Å²) in [6.07, 6.45) is -3.39. The van der Waals surface area contributed by atoms with Gasteiger partial charge in [0, 0.05) is 6.04 Å². The predicted molar refractivity (Wildman–Crippen MR) is 81.0 cm³/mol. The van der Waals surface area contributed by atoms with Gasteiger partial charge in [-0.1, -0.05) is 24.3 Å². The Morgan fingerprint density at radius 3 is 2.38 bits per heavy atom. The van der Waals surface area contributed by atoms with Gasteiger partial charge in [0.05, 0.1) is 4.90 Å². The SMILES string of the molecule is O=S(=O)(N[C@@H]1CCc2ccccc21)c1ccc(OC(F)(F)F)cc1. The molecule has 0 aliphatic heterocycles. The van der Waals surface area contributed by atoms with Crippen LogP contribution in [0.15, 0.2) is 53.4 Å². The number of alkyl halides is 3. The maximum Gasteiger partial charge on any atom is 0.573 e. The topological polar surface area (TPSA) is 55.4 Å². The van der Waals surface area contributed by atoms with E-state index in [0.717, 1.165) is 41.8 Å². The average Bonchev–Trinajstić information content (AvgIpc) is 2.89. The monoisotopic (exact) mass is 357 g/mol. The molecule has 1 aliphatic rings. The maximum atomic E-state index is 12.4. The Balaban J connectivity index is 1.77. The van der Waals surface area contributed by atoms with Gasteiger partial charge in [0.15, 0.2) is 0 Å². The number of rotatable bonds is 4. The van der Waals surface area contributed by atoms with Crippen molar-refractivity contribution in [3.05, 3.63) is 59.7 Å². The highest BCUT2D eigenvalue weighted by molar-refractivity contribution is 7.89. The van der Waals surface area contributed by atoms with E-state index in [0.29, 0.717) is 6.42 Å². The Morgan fingerprint density at radius 1 is 1.04 bits per heavy atom. The van der Waals surface area contributed by atoms with Crippen molar-refractivity contribution in [3.8, 4) is 5.75 Å². The van der Waals surface area contributed by atoms with E-state index >= 15 is 0 Å². The molecule has 0 unspecified atom stereocenters. The Bertz CT molecular complexity index is 832. The summed E-state index contributed by atoms with van der Waals surface area (Å²) in [5, 5.41) is 0. The predicted octanol–water partition coefficient (Wildman–Crippen LogP) is 3.55. The molecule has 8 heteroatoms. The smallest absolute Gasteiger partial charge is 0.406 e. The van der Waals surface area contributed by atoms with Gasteiger partial charge in [0.1, 0.15) is 5.75 Å². The Morgan fingerprint density at radius 2 is 1.71 bits per heavy atom. The first-order chi connectivity index (χ1) is 11.2. The summed E-state index contributed by atoms with van der Waals surface area (Å²) in [6, 6.07) is 11.4. The van der Waals surface area contributed by atoms with Crippen molar-refractivity contribution in [1.82, 2.24) is 4.72 Å². The number of fused-ring (bicyclic) bond motifs is 1. The first kappa shape index (κ1) is 16.8. The number of hydrogen-bond donors (Lipinski definition) is 1. The van der Waals surface area contributed by atoms with Crippen molar-refractivity contribution < 1.29 is 26.3 Å². The number of sulfonamides is 1. The summed E-state index contributed by atoms with van der Waals surface area (Å²) < 4.78 is 67.6. The fourth-order valence-electron chi connectivity index (χ4n) is 2.76. The molecule has 4 nitrogen and oxygen atoms in total. The van der Waals surface area contributed by atoms with Crippen LogP contribution in [0.2, 0.25) is 0 Å². The fraction of sp³-hybridized carbons (Fsp3) is 0.250. The van der Waals surface area contributed by atoms with Crippen LogP contribution < -0.4 is 9.46 Å². The fourth-order valence-corrected chi connectivity index (χ4v) is 4.01. The van der Waals surface area contributed by atoms with E-state index < -0.39 is 22.1 Å². The number of nitrogens with one attached hydrogen (secondary N) is 1. The molecule has 1 aliphatic carbocycles. The summed E-state index contributed by atoms with van der Waals surface area (Å²) in [5.74, 6) is -0.465. The highest BCUT2D eigenvalue weighted by Crippen LogP contribution is 2.32. The van der Waals surface area contributed by atoms with Crippen LogP contribution in [-0.2, 0) is 16.4 Å². The highest BCUT2D eigenvalue weighted by Gasteiger charge is 2.31. The Kier molecular flexibility index (Phi) is 4.27. The summed E-state index contributed by atoms with van der Waals surface area (Å²) in [5.41, 5.74) is 2.03. The normalized spacial score (nSPS) is 17.5. The number of ether oxygens (including phenoxy) is 1. The van der Waals surface area contributed by atoms with Gasteiger partial charge in [0.25, 0.3) is 0 Å². The minimum atomic E-state index is -4.81. The minimum absolute atomic E-state index is 0.110. The van der Waals surface area contributed by atoms with Crippen LogP contribution >= 0.6 is 0 Å². The standard InChI is InChI=1S/C16H14F3NO3S/c17-16(18,19)23-12-6-8-13(9-7-12)24(21,22)20-15-10-5-11-3-1-2-4-14(11)15/h1-4,6-9,15,20H,5,10H2/t15-/m1/s1. The van der Waals surface area contributed by atoms with Gasteiger partial charge in [0.2, 0.25) is 10.0 Å². The summed E-state index contributed by atoms with van der Waals surface area (Å²) >= 11 is 0. The molecule has 2 aromatic carbocycles. The van der Waals surface area contributed by atoms with Crippen molar-refractivity contribution >= 4 is 10.0 Å². The van der Waals surface area contributed by atoms with Crippen molar-refractivity contribution in [3.63, 3.8) is 0 Å². The largest absolute Gasteiger partial charge is 0.573 e. The summed E-state index contributed by atoms with van der Waals surface area (Å²) in [4.78, 5) is -0.110. The van der Waals surface area contributed by atoms with Gasteiger partial charge in [-0.05, 0) is 48.2 Å². The summed E-state index contributed by atoms with van der Waals surface area (Å²) in [6.45, 7) is 0. The molecule has 1 atom stereocenters. The Labute approximate surface area is 137 Å². The molecule has 24 heavy (non-hydrogen) atoms. The quantitative estimate of drug-likeness (QED) is 0.910. The molecule has 0 saturated carbocycles. The number of halogens is 3. The molecule has 3 rings (SSSR count). The molecular weight excluding hydrogens is 343 g/mol. The van der Waals surface area contributed by atoms with E-state index in [4.69, 9.17) is 0 Å². The minimum Gasteiger partial charge on any atom is -0.406 e. The van der Waals surface area contributed by atoms with E-state index in [1.807, 2.05) is 24.3 Å². The first-order valence-corrected chi connectivity index (χ1v) is 8.69. The number of benzene rings is 2. The molecule has 1 N–H and O–H groups in total. The third-order valence-corrected chi connectivity index (χ3v) is 5.29. The van der Waals surface area contributed by atoms with Crippen molar-refractivity contribution in [2.75, 3.05) is 0 Å². The zero-order valence-corrected chi connectivity index (χ0v) is 13.2. The van der Waals surface area contributed by atoms with Crippen LogP contribution in [0.25, 0.3) is 0 Å². The molecule has 0 saturated heterocycles. The van der Waals surface area contributed by atoms with E-state index in [-0.39, 0.29) is 10.9 Å². The van der Waals surface area contributed by atoms with Gasteiger partial charge in [-0.3, -0.25) is 0 Å². The number of hydrogen-bond acceptors (Lipinski definition) is 3. The average molecular weight is 357 g/mol. The lowest BCUT2D eigenvalue weighted by atomic mass is 10.1. The maximum absolute atomic E-state index is 12.4. The lowest BCUT2D eigenvalue weighted by Gasteiger charge is -2.15. The zero-order chi connectivity index (χ0) is 17.4. The van der Waals surface area contributed by atoms with Crippen molar-refractivity contribution in [2.24, 2.45) is 0 Å². The molecule has 0 spiro atoms. The second kappa shape index (κ2) is 6.10. The Hall–Kier alpha value is -2.06. The molecule has 0 amide bonds. The lowest BCUT2D eigenvalue weighted by Crippen LogP contribution is -2.27. The van der Waals surface area contributed by atoms with E-state index in [1.165, 1.54) is 0 Å². The first-order valence-electron chi connectivity index (χ1n) is 7.20.